The fourth-order valence-corrected chi connectivity index (χ4v) is 1.34. The number of Topliss-reactive ketones (excluding diaryl/α,β-unsaturated/α-hetero) is 1. The summed E-state index contributed by atoms with van der Waals surface area (Å²) in [5, 5.41) is 0. The molecule has 4 heteroatoms. The van der Waals surface area contributed by atoms with Gasteiger partial charge >= 0.3 is 5.97 Å². The average Bonchev–Trinajstić information content (AvgIpc) is 2.27. The third kappa shape index (κ3) is 3.46. The molecular formula is C12H15NO3. The summed E-state index contributed by atoms with van der Waals surface area (Å²) in [6.07, 6.45) is 1.84. The van der Waals surface area contributed by atoms with Crippen LogP contribution in [0.4, 0.5) is 0 Å². The minimum atomic E-state index is -0.343. The van der Waals surface area contributed by atoms with Crippen molar-refractivity contribution < 1.29 is 14.3 Å². The first-order valence-electron chi connectivity index (χ1n) is 5.25. The second-order valence-electron chi connectivity index (χ2n) is 3.40. The van der Waals surface area contributed by atoms with E-state index in [1.807, 2.05) is 13.0 Å². The number of ketones is 1. The highest BCUT2D eigenvalue weighted by Crippen LogP contribution is 2.08. The standard InChI is InChI=1S/C12H15NO3/c1-3-16-11(15)7-6-10(14)12-9(2)5-4-8-13-12/h4-5,8H,3,6-7H2,1-2H3. The third-order valence-corrected chi connectivity index (χ3v) is 2.14. The molecule has 0 spiro atoms. The molecule has 1 aromatic rings. The van der Waals surface area contributed by atoms with Crippen molar-refractivity contribution in [2.75, 3.05) is 6.61 Å². The normalized spacial score (nSPS) is 9.88. The van der Waals surface area contributed by atoms with Gasteiger partial charge in [-0.1, -0.05) is 6.07 Å². The fourth-order valence-electron chi connectivity index (χ4n) is 1.34. The Labute approximate surface area is 94.6 Å². The minimum absolute atomic E-state index is 0.114. The van der Waals surface area contributed by atoms with Crippen molar-refractivity contribution in [1.29, 1.82) is 0 Å². The second kappa shape index (κ2) is 6.00. The van der Waals surface area contributed by atoms with Gasteiger partial charge in [0.1, 0.15) is 5.69 Å². The summed E-state index contributed by atoms with van der Waals surface area (Å²) in [5.41, 5.74) is 1.27. The van der Waals surface area contributed by atoms with E-state index in [-0.39, 0.29) is 24.6 Å². The zero-order valence-electron chi connectivity index (χ0n) is 9.53. The van der Waals surface area contributed by atoms with Gasteiger partial charge in [0.25, 0.3) is 0 Å². The molecule has 0 atom stereocenters. The summed E-state index contributed by atoms with van der Waals surface area (Å²) in [6.45, 7) is 3.91. The van der Waals surface area contributed by atoms with Gasteiger partial charge in [-0.2, -0.15) is 0 Å². The van der Waals surface area contributed by atoms with Crippen LogP contribution in [0.3, 0.4) is 0 Å². The molecule has 0 saturated heterocycles. The molecule has 1 heterocycles. The highest BCUT2D eigenvalue weighted by molar-refractivity contribution is 5.96. The monoisotopic (exact) mass is 221 g/mol. The number of carbonyl (C=O) groups is 2. The number of aromatic nitrogens is 1. The van der Waals surface area contributed by atoms with E-state index >= 15 is 0 Å². The molecular weight excluding hydrogens is 206 g/mol. The summed E-state index contributed by atoms with van der Waals surface area (Å²) >= 11 is 0. The Bertz CT molecular complexity index is 388. The van der Waals surface area contributed by atoms with E-state index in [0.717, 1.165) is 5.56 Å². The van der Waals surface area contributed by atoms with Crippen molar-refractivity contribution >= 4 is 11.8 Å². The first-order chi connectivity index (χ1) is 7.65. The van der Waals surface area contributed by atoms with Crippen molar-refractivity contribution in [3.63, 3.8) is 0 Å². The van der Waals surface area contributed by atoms with E-state index in [1.165, 1.54) is 0 Å². The highest BCUT2D eigenvalue weighted by atomic mass is 16.5. The Morgan fingerprint density at radius 2 is 2.12 bits per heavy atom. The van der Waals surface area contributed by atoms with Crippen LogP contribution in [0.2, 0.25) is 0 Å². The summed E-state index contributed by atoms with van der Waals surface area (Å²) in [5.74, 6) is -0.462. The van der Waals surface area contributed by atoms with Crippen LogP contribution in [0, 0.1) is 6.92 Å². The lowest BCUT2D eigenvalue weighted by atomic mass is 10.1. The van der Waals surface area contributed by atoms with E-state index in [9.17, 15) is 9.59 Å². The number of esters is 1. The summed E-state index contributed by atoms with van der Waals surface area (Å²) in [7, 11) is 0. The number of carbonyl (C=O) groups excluding carboxylic acids is 2. The Morgan fingerprint density at radius 3 is 2.75 bits per heavy atom. The van der Waals surface area contributed by atoms with Gasteiger partial charge in [-0.05, 0) is 25.5 Å². The number of ether oxygens (including phenoxy) is 1. The molecule has 16 heavy (non-hydrogen) atoms. The highest BCUT2D eigenvalue weighted by Gasteiger charge is 2.12. The SMILES string of the molecule is CCOC(=O)CCC(=O)c1ncccc1C. The zero-order chi connectivity index (χ0) is 12.0. The zero-order valence-corrected chi connectivity index (χ0v) is 9.53. The molecule has 86 valence electrons. The lowest BCUT2D eigenvalue weighted by molar-refractivity contribution is -0.143. The number of rotatable bonds is 5. The molecule has 0 radical (unpaired) electrons. The lowest BCUT2D eigenvalue weighted by Gasteiger charge is -2.03. The van der Waals surface area contributed by atoms with Crippen LogP contribution in [0.25, 0.3) is 0 Å². The molecule has 0 bridgehead atoms. The van der Waals surface area contributed by atoms with Crippen LogP contribution < -0.4 is 0 Å². The van der Waals surface area contributed by atoms with Crippen LogP contribution in [-0.2, 0) is 9.53 Å². The predicted octanol–water partition coefficient (Wildman–Crippen LogP) is 1.92. The summed E-state index contributed by atoms with van der Waals surface area (Å²) < 4.78 is 4.75. The second-order valence-corrected chi connectivity index (χ2v) is 3.40. The van der Waals surface area contributed by atoms with Crippen molar-refractivity contribution in [3.05, 3.63) is 29.6 Å². The van der Waals surface area contributed by atoms with Crippen molar-refractivity contribution in [1.82, 2.24) is 4.98 Å². The minimum Gasteiger partial charge on any atom is -0.466 e. The van der Waals surface area contributed by atoms with E-state index < -0.39 is 0 Å². The van der Waals surface area contributed by atoms with Crippen LogP contribution in [0.15, 0.2) is 18.3 Å². The van der Waals surface area contributed by atoms with Gasteiger partial charge in [0, 0.05) is 12.6 Å². The maximum atomic E-state index is 11.7. The number of nitrogens with zero attached hydrogens (tertiary/aromatic N) is 1. The molecule has 0 saturated carbocycles. The van der Waals surface area contributed by atoms with Crippen molar-refractivity contribution in [2.45, 2.75) is 26.7 Å². The van der Waals surface area contributed by atoms with Gasteiger partial charge in [0.2, 0.25) is 0 Å². The third-order valence-electron chi connectivity index (χ3n) is 2.14. The van der Waals surface area contributed by atoms with Gasteiger partial charge in [-0.15, -0.1) is 0 Å². The van der Waals surface area contributed by atoms with Crippen LogP contribution in [0.5, 0.6) is 0 Å². The van der Waals surface area contributed by atoms with Crippen molar-refractivity contribution in [3.8, 4) is 0 Å². The van der Waals surface area contributed by atoms with Gasteiger partial charge < -0.3 is 4.74 Å². The van der Waals surface area contributed by atoms with Crippen LogP contribution in [0.1, 0.15) is 35.8 Å². The van der Waals surface area contributed by atoms with E-state index in [4.69, 9.17) is 4.74 Å². The molecule has 0 aliphatic heterocycles. The Balaban J connectivity index is 2.54. The number of hydrogen-bond donors (Lipinski definition) is 0. The molecule has 1 aromatic heterocycles. The number of hydrogen-bond acceptors (Lipinski definition) is 4. The smallest absolute Gasteiger partial charge is 0.306 e. The van der Waals surface area contributed by atoms with Crippen molar-refractivity contribution in [2.24, 2.45) is 0 Å². The predicted molar refractivity (Wildman–Crippen MR) is 59.2 cm³/mol. The maximum Gasteiger partial charge on any atom is 0.306 e. The van der Waals surface area contributed by atoms with Crippen LogP contribution >= 0.6 is 0 Å². The summed E-state index contributed by atoms with van der Waals surface area (Å²) in [4.78, 5) is 26.8. The van der Waals surface area contributed by atoms with Gasteiger partial charge in [-0.3, -0.25) is 14.6 Å². The molecule has 0 aliphatic carbocycles. The maximum absolute atomic E-state index is 11.7. The fraction of sp³-hybridized carbons (Fsp3) is 0.417. The molecule has 0 fully saturated rings. The molecule has 1 rings (SSSR count). The number of pyridine rings is 1. The van der Waals surface area contributed by atoms with Gasteiger partial charge in [0.15, 0.2) is 5.78 Å². The largest absolute Gasteiger partial charge is 0.466 e. The molecule has 0 amide bonds. The Morgan fingerprint density at radius 1 is 1.38 bits per heavy atom. The van der Waals surface area contributed by atoms with E-state index in [2.05, 4.69) is 4.98 Å². The lowest BCUT2D eigenvalue weighted by Crippen LogP contribution is -2.10. The van der Waals surface area contributed by atoms with Gasteiger partial charge in [-0.25, -0.2) is 0 Å². The Hall–Kier alpha value is -1.71. The first kappa shape index (κ1) is 12.4. The molecule has 4 nitrogen and oxygen atoms in total. The molecule has 0 aliphatic rings. The molecule has 0 aromatic carbocycles. The molecule has 0 unspecified atom stereocenters. The average molecular weight is 221 g/mol. The Kier molecular flexibility index (Phi) is 4.64. The molecule has 0 N–H and O–H groups in total. The quantitative estimate of drug-likeness (QED) is 0.563. The van der Waals surface area contributed by atoms with E-state index in [1.54, 1.807) is 19.2 Å². The first-order valence-corrected chi connectivity index (χ1v) is 5.25. The van der Waals surface area contributed by atoms with Crippen LogP contribution in [-0.4, -0.2) is 23.3 Å². The summed E-state index contributed by atoms with van der Waals surface area (Å²) in [6, 6.07) is 3.60. The topological polar surface area (TPSA) is 56.3 Å². The number of aryl methyl sites for hydroxylation is 1. The van der Waals surface area contributed by atoms with E-state index in [0.29, 0.717) is 12.3 Å². The van der Waals surface area contributed by atoms with Gasteiger partial charge in [0.05, 0.1) is 13.0 Å².